The van der Waals surface area contributed by atoms with Gasteiger partial charge in [0.2, 0.25) is 5.91 Å². The van der Waals surface area contributed by atoms with Crippen molar-refractivity contribution in [2.24, 2.45) is 0 Å². The molecule has 5 heteroatoms. The van der Waals surface area contributed by atoms with Gasteiger partial charge in [-0.15, -0.1) is 0 Å². The lowest BCUT2D eigenvalue weighted by Crippen LogP contribution is -2.14. The Labute approximate surface area is 132 Å². The van der Waals surface area contributed by atoms with Gasteiger partial charge in [0.05, 0.1) is 20.6 Å². The molecule has 0 fully saturated rings. The lowest BCUT2D eigenvalue weighted by molar-refractivity contribution is -0.115. The van der Waals surface area contributed by atoms with E-state index in [4.69, 9.17) is 9.47 Å². The molecule has 0 heterocycles. The van der Waals surface area contributed by atoms with Gasteiger partial charge in [-0.25, -0.2) is 0 Å². The van der Waals surface area contributed by atoms with E-state index in [9.17, 15) is 4.79 Å². The average molecular weight is 350 g/mol. The topological polar surface area (TPSA) is 47.6 Å². The maximum Gasteiger partial charge on any atom is 0.228 e. The number of nitrogens with one attached hydrogen (secondary N) is 1. The minimum Gasteiger partial charge on any atom is -0.493 e. The molecule has 0 aliphatic rings. The summed E-state index contributed by atoms with van der Waals surface area (Å²) in [5.41, 5.74) is 1.61. The molecular weight excluding hydrogens is 334 g/mol. The molecule has 2 aromatic rings. The van der Waals surface area contributed by atoms with Gasteiger partial charge in [-0.05, 0) is 29.8 Å². The van der Waals surface area contributed by atoms with E-state index in [1.54, 1.807) is 26.4 Å². The quantitative estimate of drug-likeness (QED) is 0.896. The number of benzene rings is 2. The second kappa shape index (κ2) is 7.13. The van der Waals surface area contributed by atoms with Crippen LogP contribution in [-0.4, -0.2) is 20.1 Å². The van der Waals surface area contributed by atoms with Crippen LogP contribution < -0.4 is 14.8 Å². The van der Waals surface area contributed by atoms with E-state index in [1.165, 1.54) is 0 Å². The highest BCUT2D eigenvalue weighted by atomic mass is 79.9. The number of anilines is 1. The lowest BCUT2D eigenvalue weighted by atomic mass is 10.1. The smallest absolute Gasteiger partial charge is 0.228 e. The Morgan fingerprint density at radius 1 is 1.10 bits per heavy atom. The molecule has 0 saturated carbocycles. The first kappa shape index (κ1) is 15.4. The van der Waals surface area contributed by atoms with Crippen molar-refractivity contribution in [1.29, 1.82) is 0 Å². The van der Waals surface area contributed by atoms with E-state index in [0.717, 1.165) is 15.7 Å². The number of amides is 1. The molecule has 0 aliphatic carbocycles. The Morgan fingerprint density at radius 2 is 1.71 bits per heavy atom. The number of carbonyl (C=O) groups excluding carboxylic acids is 1. The number of carbonyl (C=O) groups is 1. The third-order valence-electron chi connectivity index (χ3n) is 2.96. The van der Waals surface area contributed by atoms with Crippen LogP contribution in [0.1, 0.15) is 5.56 Å². The maximum absolute atomic E-state index is 12.1. The summed E-state index contributed by atoms with van der Waals surface area (Å²) in [6, 6.07) is 12.9. The first-order valence-electron chi connectivity index (χ1n) is 6.39. The van der Waals surface area contributed by atoms with Gasteiger partial charge in [0.15, 0.2) is 11.5 Å². The van der Waals surface area contributed by atoms with E-state index in [0.29, 0.717) is 11.5 Å². The number of para-hydroxylation sites is 1. The van der Waals surface area contributed by atoms with E-state index in [-0.39, 0.29) is 12.3 Å². The Bertz CT molecular complexity index is 629. The highest BCUT2D eigenvalue weighted by Gasteiger charge is 2.12. The number of ether oxygens (including phenoxy) is 2. The summed E-state index contributed by atoms with van der Waals surface area (Å²) < 4.78 is 11.3. The molecule has 0 spiro atoms. The number of hydrogen-bond acceptors (Lipinski definition) is 3. The molecule has 0 bridgehead atoms. The summed E-state index contributed by atoms with van der Waals surface area (Å²) in [7, 11) is 3.14. The molecule has 0 saturated heterocycles. The minimum atomic E-state index is -0.0888. The van der Waals surface area contributed by atoms with Crippen molar-refractivity contribution in [2.45, 2.75) is 6.42 Å². The van der Waals surface area contributed by atoms with E-state index >= 15 is 0 Å². The molecule has 0 aliphatic heterocycles. The van der Waals surface area contributed by atoms with Gasteiger partial charge >= 0.3 is 0 Å². The SMILES string of the molecule is COc1cc(Br)c(CC(=O)Nc2ccccc2)cc1OC. The molecule has 2 aromatic carbocycles. The normalized spacial score (nSPS) is 10.0. The Balaban J connectivity index is 2.14. The second-order valence-electron chi connectivity index (χ2n) is 4.39. The van der Waals surface area contributed by atoms with Crippen LogP contribution >= 0.6 is 15.9 Å². The van der Waals surface area contributed by atoms with Gasteiger partial charge in [-0.2, -0.15) is 0 Å². The van der Waals surface area contributed by atoms with Crippen molar-refractivity contribution in [2.75, 3.05) is 19.5 Å². The van der Waals surface area contributed by atoms with Crippen LogP contribution in [0.5, 0.6) is 11.5 Å². The predicted octanol–water partition coefficient (Wildman–Crippen LogP) is 3.65. The summed E-state index contributed by atoms with van der Waals surface area (Å²) in [5, 5.41) is 2.85. The third-order valence-corrected chi connectivity index (χ3v) is 3.70. The third kappa shape index (κ3) is 3.98. The van der Waals surface area contributed by atoms with Gasteiger partial charge < -0.3 is 14.8 Å². The molecule has 0 radical (unpaired) electrons. The standard InChI is InChI=1S/C16H16BrNO3/c1-20-14-8-11(13(17)10-15(14)21-2)9-16(19)18-12-6-4-3-5-7-12/h3-8,10H,9H2,1-2H3,(H,18,19). The monoisotopic (exact) mass is 349 g/mol. The number of hydrogen-bond donors (Lipinski definition) is 1. The first-order valence-corrected chi connectivity index (χ1v) is 7.18. The molecule has 0 aromatic heterocycles. The highest BCUT2D eigenvalue weighted by molar-refractivity contribution is 9.10. The molecule has 1 amide bonds. The van der Waals surface area contributed by atoms with Gasteiger partial charge in [0.1, 0.15) is 0 Å². The fourth-order valence-corrected chi connectivity index (χ4v) is 2.39. The summed E-state index contributed by atoms with van der Waals surface area (Å²) >= 11 is 3.45. The van der Waals surface area contributed by atoms with E-state index < -0.39 is 0 Å². The van der Waals surface area contributed by atoms with Crippen LogP contribution in [0.15, 0.2) is 46.9 Å². The fraction of sp³-hybridized carbons (Fsp3) is 0.188. The number of halogens is 1. The van der Waals surface area contributed by atoms with E-state index in [1.807, 2.05) is 30.3 Å². The van der Waals surface area contributed by atoms with Gasteiger partial charge in [0, 0.05) is 10.2 Å². The van der Waals surface area contributed by atoms with Gasteiger partial charge in [-0.1, -0.05) is 34.1 Å². The van der Waals surface area contributed by atoms with Crippen molar-refractivity contribution in [3.8, 4) is 11.5 Å². The summed E-state index contributed by atoms with van der Waals surface area (Å²) in [6.07, 6.45) is 0.246. The zero-order valence-corrected chi connectivity index (χ0v) is 13.4. The van der Waals surface area contributed by atoms with Crippen LogP contribution in [0, 0.1) is 0 Å². The van der Waals surface area contributed by atoms with Crippen molar-refractivity contribution in [3.63, 3.8) is 0 Å². The fourth-order valence-electron chi connectivity index (χ4n) is 1.93. The zero-order chi connectivity index (χ0) is 15.2. The first-order chi connectivity index (χ1) is 10.1. The summed E-state index contributed by atoms with van der Waals surface area (Å²) in [6.45, 7) is 0. The van der Waals surface area contributed by atoms with Crippen molar-refractivity contribution < 1.29 is 14.3 Å². The molecule has 21 heavy (non-hydrogen) atoms. The molecule has 1 N–H and O–H groups in total. The Kier molecular flexibility index (Phi) is 5.22. The largest absolute Gasteiger partial charge is 0.493 e. The predicted molar refractivity (Wildman–Crippen MR) is 86.0 cm³/mol. The van der Waals surface area contributed by atoms with Crippen LogP contribution in [-0.2, 0) is 11.2 Å². The molecular formula is C16H16BrNO3. The minimum absolute atomic E-state index is 0.0888. The molecule has 0 atom stereocenters. The van der Waals surface area contributed by atoms with Crippen LogP contribution in [0.25, 0.3) is 0 Å². The average Bonchev–Trinajstić information content (AvgIpc) is 2.49. The van der Waals surface area contributed by atoms with Crippen molar-refractivity contribution in [1.82, 2.24) is 0 Å². The Morgan fingerprint density at radius 3 is 2.33 bits per heavy atom. The van der Waals surface area contributed by atoms with Gasteiger partial charge in [0.25, 0.3) is 0 Å². The lowest BCUT2D eigenvalue weighted by Gasteiger charge is -2.12. The summed E-state index contributed by atoms with van der Waals surface area (Å²) in [4.78, 5) is 12.1. The maximum atomic E-state index is 12.1. The van der Waals surface area contributed by atoms with Crippen molar-refractivity contribution >= 4 is 27.5 Å². The highest BCUT2D eigenvalue weighted by Crippen LogP contribution is 2.33. The molecule has 4 nitrogen and oxygen atoms in total. The molecule has 2 rings (SSSR count). The van der Waals surface area contributed by atoms with E-state index in [2.05, 4.69) is 21.2 Å². The summed E-state index contributed by atoms with van der Waals surface area (Å²) in [5.74, 6) is 1.13. The Hall–Kier alpha value is -2.01. The zero-order valence-electron chi connectivity index (χ0n) is 11.9. The molecule has 0 unspecified atom stereocenters. The number of rotatable bonds is 5. The van der Waals surface area contributed by atoms with Crippen LogP contribution in [0.2, 0.25) is 0 Å². The van der Waals surface area contributed by atoms with Gasteiger partial charge in [-0.3, -0.25) is 4.79 Å². The molecule has 110 valence electrons. The van der Waals surface area contributed by atoms with Crippen LogP contribution in [0.3, 0.4) is 0 Å². The van der Waals surface area contributed by atoms with Crippen molar-refractivity contribution in [3.05, 3.63) is 52.5 Å². The van der Waals surface area contributed by atoms with Crippen LogP contribution in [0.4, 0.5) is 5.69 Å². The second-order valence-corrected chi connectivity index (χ2v) is 5.24. The number of methoxy groups -OCH3 is 2.